The molecule has 1 atom stereocenters. The molecular formula is C34H34N4O5. The van der Waals surface area contributed by atoms with Crippen LogP contribution in [-0.2, 0) is 6.54 Å². The van der Waals surface area contributed by atoms with Gasteiger partial charge in [-0.1, -0.05) is 61.5 Å². The minimum Gasteiger partial charge on any atom is -0.497 e. The normalized spacial score (nSPS) is 11.5. The summed E-state index contributed by atoms with van der Waals surface area (Å²) in [4.78, 5) is 35.1. The third-order valence-electron chi connectivity index (χ3n) is 7.30. The van der Waals surface area contributed by atoms with Gasteiger partial charge in [-0.15, -0.1) is 0 Å². The highest BCUT2D eigenvalue weighted by molar-refractivity contribution is 5.91. The van der Waals surface area contributed by atoms with Crippen LogP contribution in [0.15, 0.2) is 102 Å². The number of hydrogen-bond acceptors (Lipinski definition) is 6. The van der Waals surface area contributed by atoms with Crippen molar-refractivity contribution in [2.45, 2.75) is 25.9 Å². The summed E-state index contributed by atoms with van der Waals surface area (Å²) in [5, 5.41) is 3.48. The van der Waals surface area contributed by atoms with E-state index < -0.39 is 6.04 Å². The zero-order valence-electron chi connectivity index (χ0n) is 24.6. The van der Waals surface area contributed by atoms with Crippen LogP contribution >= 0.6 is 0 Å². The first-order valence-corrected chi connectivity index (χ1v) is 14.0. The number of ether oxygens (including phenoxy) is 3. The number of nitrogens with zero attached hydrogens (tertiary/aromatic N) is 3. The number of rotatable bonds is 10. The van der Waals surface area contributed by atoms with Gasteiger partial charge in [-0.05, 0) is 48.4 Å². The number of anilines is 1. The standard InChI is InChI=1S/C34H34N4O5/c1-5-28(32-35-26-16-10-9-15-25(26)33(39)38(32)29-17-11-12-18-30(29)42-3)37(22-23-13-7-6-8-14-23)34(40)36-27-20-19-24(41-2)21-31(27)43-4/h6-21,28H,5,22H2,1-4H3,(H,36,40). The monoisotopic (exact) mass is 578 g/mol. The molecule has 0 bridgehead atoms. The van der Waals surface area contributed by atoms with Gasteiger partial charge in [0.2, 0.25) is 0 Å². The highest BCUT2D eigenvalue weighted by atomic mass is 16.5. The summed E-state index contributed by atoms with van der Waals surface area (Å²) in [6.45, 7) is 2.23. The van der Waals surface area contributed by atoms with Gasteiger partial charge in [0.25, 0.3) is 5.56 Å². The van der Waals surface area contributed by atoms with Gasteiger partial charge < -0.3 is 24.4 Å². The van der Waals surface area contributed by atoms with Crippen molar-refractivity contribution < 1.29 is 19.0 Å². The lowest BCUT2D eigenvalue weighted by Crippen LogP contribution is -2.40. The van der Waals surface area contributed by atoms with Crippen LogP contribution in [0.4, 0.5) is 10.5 Å². The van der Waals surface area contributed by atoms with Crippen LogP contribution in [0.1, 0.15) is 30.8 Å². The smallest absolute Gasteiger partial charge is 0.322 e. The van der Waals surface area contributed by atoms with Gasteiger partial charge in [-0.2, -0.15) is 0 Å². The van der Waals surface area contributed by atoms with Gasteiger partial charge in [-0.25, -0.2) is 9.78 Å². The number of methoxy groups -OCH3 is 3. The molecule has 4 aromatic carbocycles. The quantitative estimate of drug-likeness (QED) is 0.201. The highest BCUT2D eigenvalue weighted by Crippen LogP contribution is 2.33. The summed E-state index contributed by atoms with van der Waals surface area (Å²) in [5.74, 6) is 1.99. The Bertz CT molecular complexity index is 1790. The largest absolute Gasteiger partial charge is 0.497 e. The zero-order chi connectivity index (χ0) is 30.3. The van der Waals surface area contributed by atoms with Crippen molar-refractivity contribution in [1.82, 2.24) is 14.5 Å². The zero-order valence-corrected chi connectivity index (χ0v) is 24.6. The third kappa shape index (κ3) is 6.01. The van der Waals surface area contributed by atoms with E-state index in [2.05, 4.69) is 5.32 Å². The van der Waals surface area contributed by atoms with Gasteiger partial charge in [-0.3, -0.25) is 9.36 Å². The first-order valence-electron chi connectivity index (χ1n) is 14.0. The molecule has 5 aromatic rings. The topological polar surface area (TPSA) is 94.9 Å². The highest BCUT2D eigenvalue weighted by Gasteiger charge is 2.30. The lowest BCUT2D eigenvalue weighted by Gasteiger charge is -2.33. The maximum Gasteiger partial charge on any atom is 0.322 e. The average Bonchev–Trinajstić information content (AvgIpc) is 3.05. The van der Waals surface area contributed by atoms with Crippen LogP contribution in [0.25, 0.3) is 16.6 Å². The number of nitrogens with one attached hydrogen (secondary N) is 1. The number of carbonyl (C=O) groups excluding carboxylic acids is 1. The minimum atomic E-state index is -0.605. The number of carbonyl (C=O) groups is 1. The third-order valence-corrected chi connectivity index (χ3v) is 7.30. The van der Waals surface area contributed by atoms with E-state index in [1.165, 1.54) is 7.11 Å². The number of amides is 2. The maximum atomic E-state index is 14.2. The Kier molecular flexibility index (Phi) is 8.90. The molecule has 1 heterocycles. The Morgan fingerprint density at radius 1 is 0.860 bits per heavy atom. The van der Waals surface area contributed by atoms with Crippen LogP contribution in [0.2, 0.25) is 0 Å². The predicted molar refractivity (Wildman–Crippen MR) is 167 cm³/mol. The summed E-state index contributed by atoms with van der Waals surface area (Å²) in [6.07, 6.45) is 0.472. The minimum absolute atomic E-state index is 0.250. The molecule has 1 unspecified atom stereocenters. The van der Waals surface area contributed by atoms with E-state index in [0.717, 1.165) is 5.56 Å². The maximum absolute atomic E-state index is 14.2. The molecule has 220 valence electrons. The molecule has 0 saturated carbocycles. The summed E-state index contributed by atoms with van der Waals surface area (Å²) in [5.41, 5.74) is 2.24. The van der Waals surface area contributed by atoms with Crippen LogP contribution in [0.5, 0.6) is 17.2 Å². The van der Waals surface area contributed by atoms with E-state index >= 15 is 0 Å². The van der Waals surface area contributed by atoms with Crippen molar-refractivity contribution >= 4 is 22.6 Å². The Hall–Kier alpha value is -5.31. The summed E-state index contributed by atoms with van der Waals surface area (Å²) >= 11 is 0. The number of urea groups is 1. The van der Waals surface area contributed by atoms with Crippen molar-refractivity contribution in [2.24, 2.45) is 0 Å². The summed E-state index contributed by atoms with van der Waals surface area (Å²) < 4.78 is 18.1. The molecule has 0 aliphatic rings. The van der Waals surface area contributed by atoms with Crippen LogP contribution in [0.3, 0.4) is 0 Å². The number of aromatic nitrogens is 2. The Morgan fingerprint density at radius 3 is 2.28 bits per heavy atom. The molecule has 9 nitrogen and oxygen atoms in total. The molecule has 0 aliphatic heterocycles. The van der Waals surface area contributed by atoms with Gasteiger partial charge in [0, 0.05) is 12.6 Å². The van der Waals surface area contributed by atoms with Crippen LogP contribution in [-0.4, -0.2) is 41.8 Å². The molecule has 0 aliphatic carbocycles. The first kappa shape index (κ1) is 29.2. The fourth-order valence-electron chi connectivity index (χ4n) is 5.16. The second-order valence-corrected chi connectivity index (χ2v) is 9.83. The second kappa shape index (κ2) is 13.1. The summed E-state index contributed by atoms with van der Waals surface area (Å²) in [6, 6.07) is 28.4. The van der Waals surface area contributed by atoms with Crippen molar-refractivity contribution in [1.29, 1.82) is 0 Å². The molecule has 1 N–H and O–H groups in total. The van der Waals surface area contributed by atoms with E-state index in [0.29, 0.717) is 51.8 Å². The number of benzene rings is 4. The van der Waals surface area contributed by atoms with Crippen molar-refractivity contribution in [2.75, 3.05) is 26.6 Å². The number of hydrogen-bond donors (Lipinski definition) is 1. The molecule has 0 spiro atoms. The van der Waals surface area contributed by atoms with Crippen molar-refractivity contribution in [3.63, 3.8) is 0 Å². The molecule has 1 aromatic heterocycles. The Balaban J connectivity index is 1.69. The molecule has 0 saturated heterocycles. The van der Waals surface area contributed by atoms with Gasteiger partial charge in [0.1, 0.15) is 23.1 Å². The Morgan fingerprint density at radius 2 is 1.56 bits per heavy atom. The van der Waals surface area contributed by atoms with Gasteiger partial charge in [0.15, 0.2) is 0 Å². The number of fused-ring (bicyclic) bond motifs is 1. The van der Waals surface area contributed by atoms with E-state index in [4.69, 9.17) is 19.2 Å². The molecule has 0 fully saturated rings. The van der Waals surface area contributed by atoms with E-state index in [9.17, 15) is 9.59 Å². The lowest BCUT2D eigenvalue weighted by molar-refractivity contribution is 0.177. The molecule has 2 amide bonds. The van der Waals surface area contributed by atoms with Crippen LogP contribution in [0, 0.1) is 0 Å². The predicted octanol–water partition coefficient (Wildman–Crippen LogP) is 6.60. The SMILES string of the molecule is CCC(c1nc2ccccc2c(=O)n1-c1ccccc1OC)N(Cc1ccccc1)C(=O)Nc1ccc(OC)cc1OC. The van der Waals surface area contributed by atoms with E-state index in [-0.39, 0.29) is 18.1 Å². The molecule has 5 rings (SSSR count). The molecular weight excluding hydrogens is 544 g/mol. The summed E-state index contributed by atoms with van der Waals surface area (Å²) in [7, 11) is 4.66. The lowest BCUT2D eigenvalue weighted by atomic mass is 10.1. The average molecular weight is 579 g/mol. The van der Waals surface area contributed by atoms with E-state index in [1.807, 2.05) is 73.7 Å². The fourth-order valence-corrected chi connectivity index (χ4v) is 5.16. The fraction of sp³-hybridized carbons (Fsp3) is 0.206. The Labute approximate surface area is 250 Å². The van der Waals surface area contributed by atoms with E-state index in [1.54, 1.807) is 54.0 Å². The van der Waals surface area contributed by atoms with Crippen molar-refractivity contribution in [3.8, 4) is 22.9 Å². The molecule has 9 heteroatoms. The molecule has 0 radical (unpaired) electrons. The van der Waals surface area contributed by atoms with Gasteiger partial charge >= 0.3 is 6.03 Å². The van der Waals surface area contributed by atoms with Crippen LogP contribution < -0.4 is 25.1 Å². The molecule has 43 heavy (non-hydrogen) atoms. The second-order valence-electron chi connectivity index (χ2n) is 9.83. The van der Waals surface area contributed by atoms with Crippen molar-refractivity contribution in [3.05, 3.63) is 119 Å². The first-order chi connectivity index (χ1) is 21.0. The van der Waals surface area contributed by atoms with Gasteiger partial charge in [0.05, 0.1) is 49.6 Å². The number of para-hydroxylation sites is 3.